The summed E-state index contributed by atoms with van der Waals surface area (Å²) >= 11 is 45.7. The summed E-state index contributed by atoms with van der Waals surface area (Å²) in [5.41, 5.74) is 44.4. The number of nitrogen functional groups attached to an aromatic ring is 5. The number of methoxy groups -OCH3 is 1. The zero-order chi connectivity index (χ0) is 97.9. The van der Waals surface area contributed by atoms with E-state index in [1.54, 1.807) is 38.1 Å². The van der Waals surface area contributed by atoms with E-state index in [-0.39, 0.29) is 149 Å². The van der Waals surface area contributed by atoms with Crippen LogP contribution in [0.3, 0.4) is 0 Å². The predicted molar refractivity (Wildman–Crippen MR) is 546 cm³/mol. The average molecular weight is 2220 g/mol. The summed E-state index contributed by atoms with van der Waals surface area (Å²) in [6.45, 7) is 29.2. The van der Waals surface area contributed by atoms with Crippen molar-refractivity contribution in [1.29, 1.82) is 0 Å². The Morgan fingerprint density at radius 1 is 0.336 bits per heavy atom. The normalized spacial score (nSPS) is 10.9. The Morgan fingerprint density at radius 2 is 0.575 bits per heavy atom. The quantitative estimate of drug-likeness (QED) is 0.0341. The number of hydrogen-bond donors (Lipinski definition) is 5. The number of nitrogens with two attached hydrogens (primary N) is 5. The Kier molecular flexibility index (Phi) is 34.2. The number of imidazole rings is 5. The maximum absolute atomic E-state index is 13.1. The van der Waals surface area contributed by atoms with E-state index in [1.165, 1.54) is 45.7 Å². The predicted octanol–water partition coefficient (Wildman–Crippen LogP) is 13.4. The van der Waals surface area contributed by atoms with Gasteiger partial charge >= 0.3 is 28.4 Å². The van der Waals surface area contributed by atoms with Crippen molar-refractivity contribution in [3.05, 3.63) is 210 Å². The summed E-state index contributed by atoms with van der Waals surface area (Å²) in [6.07, 6.45) is 16.9. The van der Waals surface area contributed by atoms with Gasteiger partial charge < -0.3 is 33.4 Å². The van der Waals surface area contributed by atoms with Crippen LogP contribution in [0.1, 0.15) is 137 Å². The molecule has 0 aliphatic carbocycles. The number of aryl methyl sites for hydroxylation is 5. The molecule has 0 atom stereocenters. The average Bonchev–Trinajstić information content (AvgIpc) is 1.63. The number of rotatable bonds is 16. The Labute approximate surface area is 833 Å². The lowest BCUT2D eigenvalue weighted by Gasteiger charge is -2.12. The molecule has 694 valence electrons. The molecular weight excluding hydrogens is 2130 g/mol. The molecule has 15 aromatic heterocycles. The molecule has 0 radical (unpaired) electrons. The molecule has 0 fully saturated rings. The number of fused-ring (bicyclic) bond motifs is 5. The van der Waals surface area contributed by atoms with Crippen LogP contribution in [-0.2, 0) is 65.4 Å². The highest BCUT2D eigenvalue weighted by molar-refractivity contribution is 14.1. The van der Waals surface area contributed by atoms with Crippen LogP contribution in [0, 0.1) is 136 Å². The van der Waals surface area contributed by atoms with Gasteiger partial charge in [-0.05, 0) is 159 Å². The van der Waals surface area contributed by atoms with Gasteiger partial charge in [-0.1, -0.05) is 143 Å². The standard InChI is InChI=1S/C19H21ClN6O2.C18H18BrClN6O.C18H18Cl2N6O.C18H18ClIN6O.C16H14ClIN6O/c1-5-6-7-8-25-14-16(20)23-18(21)24-17(14)26(19(25)27)10-13-12(3)15(28-4)11(2)9-22-13;2*1-4-5-6-7-25-14-15(20)23-17(21)24-16(14)26(18(25)27)9-12-11(3)13(19)10(2)8-22-12;1-4-5-6-7-25-14-15(19)23-17(21)24-16(14)26(18(25)27)9-12-11(3)13(20)10(2)8-22-12;1-4-5-23-12-13(17)21-15(19)22-14(12)24(16(23)25)7-10-9(3)11(18)8(2)6-20-10/h9H,5,8,10H2,1-4H3,(H2,21,23,24);3*8H,4,7,9H2,1-3H3,(H2,21,23,24);1,6H,5,7H2,2-3H3,(H2,19,21,22). The van der Waals surface area contributed by atoms with E-state index >= 15 is 0 Å². The van der Waals surface area contributed by atoms with Crippen molar-refractivity contribution in [3.63, 3.8) is 0 Å². The van der Waals surface area contributed by atoms with Gasteiger partial charge in [0.2, 0.25) is 29.7 Å². The largest absolute Gasteiger partial charge is 0.496 e. The molecule has 0 saturated heterocycles. The first kappa shape index (κ1) is 102. The van der Waals surface area contributed by atoms with Gasteiger partial charge in [0.05, 0.1) is 101 Å². The SMILES string of the molecule is C#CCn1c(=O)n(Cc2ncc(C)c(I)c2C)c2nc(N)nc(Cl)c21.CCC#CCn1c(=O)n(Cc2ncc(C)c(Br)c2C)c2nc(N)nc(Cl)c21.CCC#CCn1c(=O)n(Cc2ncc(C)c(Cl)c2C)c2nc(N)nc(Cl)c21.CCC#CCn1c(=O)n(Cc2ncc(C)c(I)c2C)c2nc(N)nc(Cl)c21.CCC#CCn1c(=O)n(Cc2ncc(C)c(OC)c2C)c2nc(N)nc(Cl)c21. The van der Waals surface area contributed by atoms with E-state index in [9.17, 15) is 24.0 Å². The molecule has 0 aliphatic rings. The fourth-order valence-electron chi connectivity index (χ4n) is 14.1. The lowest BCUT2D eigenvalue weighted by atomic mass is 10.1. The van der Waals surface area contributed by atoms with Gasteiger partial charge in [-0.3, -0.25) is 70.6 Å². The Morgan fingerprint density at radius 3 is 0.843 bits per heavy atom. The van der Waals surface area contributed by atoms with Crippen LogP contribution in [0.5, 0.6) is 5.75 Å². The molecule has 0 saturated carbocycles. The third-order valence-electron chi connectivity index (χ3n) is 20.9. The van der Waals surface area contributed by atoms with E-state index < -0.39 is 0 Å². The molecule has 0 amide bonds. The second-order valence-electron chi connectivity index (χ2n) is 29.9. The van der Waals surface area contributed by atoms with Crippen molar-refractivity contribution in [2.75, 3.05) is 35.8 Å². The molecular formula is C89H89BrCl6I2N30O6. The summed E-state index contributed by atoms with van der Waals surface area (Å²) in [6, 6.07) is 0. The molecule has 45 heteroatoms. The zero-order valence-electron chi connectivity index (χ0n) is 75.3. The minimum Gasteiger partial charge on any atom is -0.496 e. The second kappa shape index (κ2) is 44.8. The third kappa shape index (κ3) is 21.9. The summed E-state index contributed by atoms with van der Waals surface area (Å²) in [4.78, 5) is 129. The van der Waals surface area contributed by atoms with Crippen LogP contribution in [0.4, 0.5) is 29.7 Å². The van der Waals surface area contributed by atoms with Gasteiger partial charge in [0.15, 0.2) is 54.0 Å². The number of anilines is 5. The monoisotopic (exact) mass is 2220 g/mol. The van der Waals surface area contributed by atoms with E-state index in [0.29, 0.717) is 97.9 Å². The van der Waals surface area contributed by atoms with E-state index in [2.05, 4.69) is 189 Å². The van der Waals surface area contributed by atoms with Gasteiger partial charge in [0.1, 0.15) is 33.3 Å². The highest BCUT2D eigenvalue weighted by Gasteiger charge is 2.28. The van der Waals surface area contributed by atoms with Gasteiger partial charge in [0, 0.05) is 84.4 Å². The van der Waals surface area contributed by atoms with Crippen LogP contribution in [0.2, 0.25) is 30.8 Å². The first-order valence-corrected chi connectivity index (χ1v) is 46.3. The third-order valence-corrected chi connectivity index (χ3v) is 27.4. The summed E-state index contributed by atoms with van der Waals surface area (Å²) in [7, 11) is 1.61. The van der Waals surface area contributed by atoms with Crippen LogP contribution in [0.15, 0.2) is 59.4 Å². The number of aromatic nitrogens is 25. The number of pyridine rings is 5. The van der Waals surface area contributed by atoms with Crippen molar-refractivity contribution in [1.82, 2.24) is 120 Å². The lowest BCUT2D eigenvalue weighted by Crippen LogP contribution is -2.25. The Bertz CT molecular complexity index is 7410. The number of halogens is 9. The van der Waals surface area contributed by atoms with Crippen molar-refractivity contribution in [2.24, 2.45) is 0 Å². The molecule has 134 heavy (non-hydrogen) atoms. The highest BCUT2D eigenvalue weighted by Crippen LogP contribution is 2.32. The molecule has 15 aromatic rings. The van der Waals surface area contributed by atoms with E-state index in [4.69, 9.17) is 109 Å². The summed E-state index contributed by atoms with van der Waals surface area (Å²) in [5, 5.41) is 1.20. The van der Waals surface area contributed by atoms with Gasteiger partial charge in [-0.2, -0.15) is 49.8 Å². The molecule has 0 bridgehead atoms. The smallest absolute Gasteiger partial charge is 0.331 e. The van der Waals surface area contributed by atoms with Gasteiger partial charge in [-0.15, -0.1) is 30.1 Å². The molecule has 15 rings (SSSR count). The maximum atomic E-state index is 13.1. The fraction of sp³-hybridized carbons (Fsp3) is 0.326. The highest BCUT2D eigenvalue weighted by atomic mass is 127. The molecule has 36 nitrogen and oxygen atoms in total. The van der Waals surface area contributed by atoms with Gasteiger partial charge in [0.25, 0.3) is 0 Å². The Hall–Kier alpha value is -12.2. The number of terminal acetylenes is 1. The van der Waals surface area contributed by atoms with Crippen molar-refractivity contribution >= 4 is 216 Å². The molecule has 10 N–H and O–H groups in total. The fourth-order valence-corrected chi connectivity index (χ4v) is 16.9. The van der Waals surface area contributed by atoms with E-state index in [1.807, 2.05) is 96.9 Å². The van der Waals surface area contributed by atoms with Crippen LogP contribution in [0.25, 0.3) is 55.8 Å². The number of nitrogens with zero attached hydrogens (tertiary/aromatic N) is 25. The number of hydrogen-bond acceptors (Lipinski definition) is 26. The summed E-state index contributed by atoms with van der Waals surface area (Å²) < 4.78 is 23.3. The Balaban J connectivity index is 0.000000161. The maximum Gasteiger partial charge on any atom is 0.331 e. The van der Waals surface area contributed by atoms with Crippen molar-refractivity contribution in [3.8, 4) is 65.5 Å². The molecule has 0 unspecified atom stereocenters. The van der Waals surface area contributed by atoms with Crippen molar-refractivity contribution < 1.29 is 4.74 Å². The minimum absolute atomic E-state index is 0.00536. The topological polar surface area (TPSA) is 467 Å². The van der Waals surface area contributed by atoms with E-state index in [0.717, 1.165) is 90.1 Å². The molecule has 0 aromatic carbocycles. The lowest BCUT2D eigenvalue weighted by molar-refractivity contribution is 0.406. The molecule has 0 spiro atoms. The first-order valence-electron chi connectivity index (χ1n) is 41.1. The van der Waals surface area contributed by atoms with Crippen LogP contribution in [-0.4, -0.2) is 128 Å². The second-order valence-corrected chi connectivity index (χ2v) is 35.0. The van der Waals surface area contributed by atoms with Crippen LogP contribution < -0.4 is 61.9 Å². The van der Waals surface area contributed by atoms with Gasteiger partial charge in [-0.25, -0.2) is 24.0 Å². The van der Waals surface area contributed by atoms with Crippen LogP contribution >= 0.6 is 131 Å². The minimum atomic E-state index is -0.327. The first-order chi connectivity index (χ1) is 63.8. The zero-order valence-corrected chi connectivity index (χ0v) is 85.7. The number of ether oxygens (including phenoxy) is 1. The molecule has 0 aliphatic heterocycles. The molecule has 15 heterocycles. The van der Waals surface area contributed by atoms with Crippen molar-refractivity contribution in [2.45, 2.75) is 188 Å². The summed E-state index contributed by atoms with van der Waals surface area (Å²) in [5.74, 6) is 26.8.